The van der Waals surface area contributed by atoms with Crippen molar-refractivity contribution in [3.8, 4) is 0 Å². The third-order valence-corrected chi connectivity index (χ3v) is 3.06. The first kappa shape index (κ1) is 7.50. The largest absolute Gasteiger partial charge is 0.394 e. The summed E-state index contributed by atoms with van der Waals surface area (Å²) in [6.07, 6.45) is 1.93. The average Bonchev–Trinajstić information content (AvgIpc) is 2.43. The molecule has 2 rings (SSSR count). The zero-order chi connectivity index (χ0) is 7.90. The topological polar surface area (TPSA) is 23.5 Å². The Balaban J connectivity index is 2.15. The molecule has 2 aliphatic heterocycles. The lowest BCUT2D eigenvalue weighted by atomic mass is 9.95. The van der Waals surface area contributed by atoms with Crippen LogP contribution in [0.2, 0.25) is 0 Å². The predicted octanol–water partition coefficient (Wildman–Crippen LogP) is 0.555. The Bertz CT molecular complexity index is 164. The van der Waals surface area contributed by atoms with Gasteiger partial charge in [0, 0.05) is 18.5 Å². The lowest BCUT2D eigenvalue weighted by Crippen LogP contribution is -2.41. The highest BCUT2D eigenvalue weighted by atomic mass is 19.1. The number of fused-ring (bicyclic) bond motifs is 1. The second-order valence-electron chi connectivity index (χ2n) is 3.73. The maximum atomic E-state index is 12.9. The molecule has 0 bridgehead atoms. The zero-order valence-electron chi connectivity index (χ0n) is 6.59. The Morgan fingerprint density at radius 2 is 2.45 bits per heavy atom. The van der Waals surface area contributed by atoms with Crippen LogP contribution in [0.5, 0.6) is 0 Å². The van der Waals surface area contributed by atoms with Crippen molar-refractivity contribution >= 4 is 0 Å². The van der Waals surface area contributed by atoms with Gasteiger partial charge in [0.15, 0.2) is 0 Å². The average molecular weight is 159 g/mol. The SMILES string of the molecule is OCC12CCCN1CC(F)C2. The van der Waals surface area contributed by atoms with Gasteiger partial charge in [-0.05, 0) is 19.4 Å². The molecule has 2 fully saturated rings. The summed E-state index contributed by atoms with van der Waals surface area (Å²) in [5.41, 5.74) is -0.167. The Morgan fingerprint density at radius 3 is 3.09 bits per heavy atom. The second kappa shape index (κ2) is 2.42. The number of hydrogen-bond acceptors (Lipinski definition) is 2. The van der Waals surface area contributed by atoms with Gasteiger partial charge < -0.3 is 5.11 Å². The minimum Gasteiger partial charge on any atom is -0.394 e. The monoisotopic (exact) mass is 159 g/mol. The number of hydrogen-bond donors (Lipinski definition) is 1. The van der Waals surface area contributed by atoms with Crippen LogP contribution in [0.3, 0.4) is 0 Å². The molecule has 0 saturated carbocycles. The van der Waals surface area contributed by atoms with Gasteiger partial charge in [-0.25, -0.2) is 4.39 Å². The van der Waals surface area contributed by atoms with E-state index in [1.165, 1.54) is 0 Å². The second-order valence-corrected chi connectivity index (χ2v) is 3.73. The molecule has 0 spiro atoms. The van der Waals surface area contributed by atoms with Gasteiger partial charge in [0.05, 0.1) is 6.61 Å². The van der Waals surface area contributed by atoms with Crippen LogP contribution in [0, 0.1) is 0 Å². The maximum absolute atomic E-state index is 12.9. The lowest BCUT2D eigenvalue weighted by Gasteiger charge is -2.28. The third kappa shape index (κ3) is 0.983. The van der Waals surface area contributed by atoms with E-state index < -0.39 is 6.17 Å². The highest BCUT2D eigenvalue weighted by molar-refractivity contribution is 5.03. The Labute approximate surface area is 66.0 Å². The minimum absolute atomic E-state index is 0.132. The molecule has 0 radical (unpaired) electrons. The van der Waals surface area contributed by atoms with Crippen LogP contribution in [0.4, 0.5) is 4.39 Å². The molecule has 0 aromatic carbocycles. The van der Waals surface area contributed by atoms with Crippen LogP contribution in [0.1, 0.15) is 19.3 Å². The van der Waals surface area contributed by atoms with Crippen molar-refractivity contribution in [2.75, 3.05) is 19.7 Å². The van der Waals surface area contributed by atoms with Gasteiger partial charge in [0.2, 0.25) is 0 Å². The summed E-state index contributed by atoms with van der Waals surface area (Å²) in [6.45, 7) is 1.65. The maximum Gasteiger partial charge on any atom is 0.115 e. The van der Waals surface area contributed by atoms with Gasteiger partial charge >= 0.3 is 0 Å². The van der Waals surface area contributed by atoms with Gasteiger partial charge in [-0.1, -0.05) is 0 Å². The molecule has 11 heavy (non-hydrogen) atoms. The molecule has 2 nitrogen and oxygen atoms in total. The number of nitrogens with zero attached hydrogens (tertiary/aromatic N) is 1. The standard InChI is InChI=1S/C8H14FNO/c9-7-4-8(6-11)2-1-3-10(8)5-7/h7,11H,1-6H2. The fraction of sp³-hybridized carbons (Fsp3) is 1.00. The van der Waals surface area contributed by atoms with E-state index in [4.69, 9.17) is 5.11 Å². The van der Waals surface area contributed by atoms with E-state index in [0.29, 0.717) is 13.0 Å². The molecule has 0 amide bonds. The van der Waals surface area contributed by atoms with Crippen LogP contribution in [-0.2, 0) is 0 Å². The molecule has 2 unspecified atom stereocenters. The quantitative estimate of drug-likeness (QED) is 0.604. The molecular formula is C8H14FNO. The Morgan fingerprint density at radius 1 is 1.64 bits per heavy atom. The van der Waals surface area contributed by atoms with Crippen molar-refractivity contribution in [3.63, 3.8) is 0 Å². The van der Waals surface area contributed by atoms with E-state index in [0.717, 1.165) is 19.4 Å². The third-order valence-electron chi connectivity index (χ3n) is 3.06. The highest BCUT2D eigenvalue weighted by Gasteiger charge is 2.47. The molecule has 0 aromatic rings. The summed E-state index contributed by atoms with van der Waals surface area (Å²) in [7, 11) is 0. The zero-order valence-corrected chi connectivity index (χ0v) is 6.59. The van der Waals surface area contributed by atoms with Crippen molar-refractivity contribution in [2.24, 2.45) is 0 Å². The fourth-order valence-corrected chi connectivity index (χ4v) is 2.47. The van der Waals surface area contributed by atoms with Crippen molar-refractivity contribution in [1.29, 1.82) is 0 Å². The van der Waals surface area contributed by atoms with Crippen LogP contribution in [-0.4, -0.2) is 41.4 Å². The highest BCUT2D eigenvalue weighted by Crippen LogP contribution is 2.39. The fourth-order valence-electron chi connectivity index (χ4n) is 2.47. The van der Waals surface area contributed by atoms with Gasteiger partial charge in [0.25, 0.3) is 0 Å². The van der Waals surface area contributed by atoms with Gasteiger partial charge in [0.1, 0.15) is 6.17 Å². The summed E-state index contributed by atoms with van der Waals surface area (Å²) in [6, 6.07) is 0. The molecule has 2 atom stereocenters. The normalized spacial score (nSPS) is 44.7. The van der Waals surface area contributed by atoms with Gasteiger partial charge in [-0.2, -0.15) is 0 Å². The molecule has 2 aliphatic rings. The van der Waals surface area contributed by atoms with E-state index in [1.807, 2.05) is 0 Å². The Kier molecular flexibility index (Phi) is 1.65. The first-order valence-electron chi connectivity index (χ1n) is 4.27. The van der Waals surface area contributed by atoms with Crippen molar-refractivity contribution in [1.82, 2.24) is 4.90 Å². The van der Waals surface area contributed by atoms with Crippen LogP contribution in [0.25, 0.3) is 0 Å². The summed E-state index contributed by atoms with van der Waals surface area (Å²) in [5, 5.41) is 9.14. The lowest BCUT2D eigenvalue weighted by molar-refractivity contribution is 0.0996. The number of alkyl halides is 1. The first-order chi connectivity index (χ1) is 5.27. The molecule has 64 valence electrons. The molecule has 2 heterocycles. The van der Waals surface area contributed by atoms with Crippen molar-refractivity contribution in [3.05, 3.63) is 0 Å². The molecule has 0 aliphatic carbocycles. The van der Waals surface area contributed by atoms with Gasteiger partial charge in [-0.3, -0.25) is 4.90 Å². The van der Waals surface area contributed by atoms with Crippen LogP contribution in [0.15, 0.2) is 0 Å². The summed E-state index contributed by atoms with van der Waals surface area (Å²) >= 11 is 0. The van der Waals surface area contributed by atoms with E-state index in [-0.39, 0.29) is 12.1 Å². The van der Waals surface area contributed by atoms with Crippen LogP contribution >= 0.6 is 0 Å². The molecule has 1 N–H and O–H groups in total. The molecular weight excluding hydrogens is 145 g/mol. The summed E-state index contributed by atoms with van der Waals surface area (Å²) in [4.78, 5) is 2.11. The van der Waals surface area contributed by atoms with Crippen molar-refractivity contribution in [2.45, 2.75) is 31.0 Å². The molecule has 3 heteroatoms. The number of halogens is 1. The van der Waals surface area contributed by atoms with E-state index in [9.17, 15) is 4.39 Å². The van der Waals surface area contributed by atoms with E-state index in [2.05, 4.69) is 4.90 Å². The molecule has 2 saturated heterocycles. The van der Waals surface area contributed by atoms with Gasteiger partial charge in [-0.15, -0.1) is 0 Å². The number of rotatable bonds is 1. The number of aliphatic hydroxyl groups excluding tert-OH is 1. The first-order valence-corrected chi connectivity index (χ1v) is 4.27. The minimum atomic E-state index is -0.706. The Hall–Kier alpha value is -0.150. The molecule has 0 aromatic heterocycles. The number of aliphatic hydroxyl groups is 1. The smallest absolute Gasteiger partial charge is 0.115 e. The van der Waals surface area contributed by atoms with E-state index >= 15 is 0 Å². The van der Waals surface area contributed by atoms with Crippen LogP contribution < -0.4 is 0 Å². The predicted molar refractivity (Wildman–Crippen MR) is 40.1 cm³/mol. The summed E-state index contributed by atoms with van der Waals surface area (Å²) in [5.74, 6) is 0. The summed E-state index contributed by atoms with van der Waals surface area (Å²) < 4.78 is 12.9. The van der Waals surface area contributed by atoms with E-state index in [1.54, 1.807) is 0 Å². The van der Waals surface area contributed by atoms with Crippen molar-refractivity contribution < 1.29 is 9.50 Å².